The summed E-state index contributed by atoms with van der Waals surface area (Å²) >= 11 is 0. The zero-order valence-electron chi connectivity index (χ0n) is 12.4. The largest absolute Gasteiger partial charge is 0.358 e. The van der Waals surface area contributed by atoms with E-state index in [1.54, 1.807) is 0 Å². The van der Waals surface area contributed by atoms with Crippen molar-refractivity contribution in [3.63, 3.8) is 0 Å². The van der Waals surface area contributed by atoms with Gasteiger partial charge in [0.25, 0.3) is 0 Å². The highest BCUT2D eigenvalue weighted by molar-refractivity contribution is 5.42. The molecule has 2 nitrogen and oxygen atoms in total. The minimum absolute atomic E-state index is 0.497. The smallest absolute Gasteiger partial charge is 0.108 e. The summed E-state index contributed by atoms with van der Waals surface area (Å²) in [5.74, 6) is 2.20. The van der Waals surface area contributed by atoms with Gasteiger partial charge < -0.3 is 9.47 Å². The van der Waals surface area contributed by atoms with Gasteiger partial charge in [-0.25, -0.2) is 0 Å². The predicted octanol–water partition coefficient (Wildman–Crippen LogP) is 3.68. The van der Waals surface area contributed by atoms with Gasteiger partial charge in [-0.2, -0.15) is 0 Å². The lowest BCUT2D eigenvalue weighted by Crippen LogP contribution is -2.38. The Kier molecular flexibility index (Phi) is 2.39. The Morgan fingerprint density at radius 3 is 2.50 bits per heavy atom. The van der Waals surface area contributed by atoms with Crippen molar-refractivity contribution in [2.45, 2.75) is 46.1 Å². The molecule has 2 aliphatic rings. The third-order valence-electron chi connectivity index (χ3n) is 6.39. The Balaban J connectivity index is 1.91. The molecule has 0 aromatic carbocycles. The lowest BCUT2D eigenvalue weighted by molar-refractivity contribution is 0.152. The van der Waals surface area contributed by atoms with E-state index in [1.165, 1.54) is 25.1 Å². The monoisotopic (exact) mass is 246 g/mol. The molecular formula is C16H26N2. The molecule has 2 saturated carbocycles. The fourth-order valence-electron chi connectivity index (χ4n) is 4.64. The molecule has 0 saturated heterocycles. The van der Waals surface area contributed by atoms with Crippen molar-refractivity contribution in [2.24, 2.45) is 23.8 Å². The van der Waals surface area contributed by atoms with Crippen molar-refractivity contribution >= 4 is 5.82 Å². The summed E-state index contributed by atoms with van der Waals surface area (Å²) in [4.78, 5) is 2.52. The maximum absolute atomic E-state index is 2.52. The summed E-state index contributed by atoms with van der Waals surface area (Å²) in [6, 6.07) is 5.10. The fraction of sp³-hybridized carbons (Fsp3) is 0.750. The van der Waals surface area contributed by atoms with Crippen molar-refractivity contribution in [1.82, 2.24) is 4.57 Å². The first-order valence-corrected chi connectivity index (χ1v) is 7.21. The molecule has 0 N–H and O–H groups in total. The maximum Gasteiger partial charge on any atom is 0.108 e. The molecule has 2 heteroatoms. The van der Waals surface area contributed by atoms with E-state index in [-0.39, 0.29) is 0 Å². The van der Waals surface area contributed by atoms with Crippen molar-refractivity contribution in [3.8, 4) is 0 Å². The van der Waals surface area contributed by atoms with E-state index < -0.39 is 0 Å². The number of hydrogen-bond donors (Lipinski definition) is 0. The summed E-state index contributed by atoms with van der Waals surface area (Å²) in [5, 5.41) is 0. The summed E-state index contributed by atoms with van der Waals surface area (Å²) in [6.07, 6.45) is 6.32. The van der Waals surface area contributed by atoms with Crippen molar-refractivity contribution in [3.05, 3.63) is 18.3 Å². The quantitative estimate of drug-likeness (QED) is 0.773. The zero-order valence-corrected chi connectivity index (χ0v) is 12.4. The third kappa shape index (κ3) is 1.35. The van der Waals surface area contributed by atoms with E-state index in [2.05, 4.69) is 62.7 Å². The number of aromatic nitrogens is 1. The highest BCUT2D eigenvalue weighted by Crippen LogP contribution is 2.66. The molecule has 100 valence electrons. The molecule has 2 fully saturated rings. The lowest BCUT2D eigenvalue weighted by atomic mass is 9.71. The van der Waals surface area contributed by atoms with E-state index in [9.17, 15) is 0 Å². The molecule has 2 bridgehead atoms. The molecule has 0 spiro atoms. The van der Waals surface area contributed by atoms with Crippen LogP contribution in [0.1, 0.15) is 40.0 Å². The van der Waals surface area contributed by atoms with Gasteiger partial charge in [0.05, 0.1) is 0 Å². The predicted molar refractivity (Wildman–Crippen MR) is 76.8 cm³/mol. The maximum atomic E-state index is 2.52. The summed E-state index contributed by atoms with van der Waals surface area (Å²) in [5.41, 5.74) is 1.04. The highest BCUT2D eigenvalue weighted by Gasteiger charge is 2.61. The third-order valence-corrected chi connectivity index (χ3v) is 6.39. The normalized spacial score (nSPS) is 37.2. The number of hydrogen-bond acceptors (Lipinski definition) is 1. The van der Waals surface area contributed by atoms with Crippen LogP contribution in [0.2, 0.25) is 0 Å². The first kappa shape index (κ1) is 12.1. The second kappa shape index (κ2) is 3.55. The average Bonchev–Trinajstić information content (AvgIpc) is 2.87. The van der Waals surface area contributed by atoms with E-state index in [0.29, 0.717) is 16.9 Å². The van der Waals surface area contributed by atoms with Gasteiger partial charge in [-0.15, -0.1) is 0 Å². The molecular weight excluding hydrogens is 220 g/mol. The molecule has 0 radical (unpaired) electrons. The second-order valence-corrected chi connectivity index (χ2v) is 7.29. The molecule has 3 atom stereocenters. The van der Waals surface area contributed by atoms with Gasteiger partial charge in [0.1, 0.15) is 5.82 Å². The number of nitrogens with zero attached hydrogens (tertiary/aromatic N) is 2. The van der Waals surface area contributed by atoms with Crippen LogP contribution in [0.15, 0.2) is 18.3 Å². The SMILES string of the molecule is CN(c1cccn1C)C1CC2(C)CCC1C2(C)C. The van der Waals surface area contributed by atoms with E-state index in [0.717, 1.165) is 5.92 Å². The number of anilines is 1. The van der Waals surface area contributed by atoms with Crippen LogP contribution in [0.4, 0.5) is 5.82 Å². The number of aryl methyl sites for hydroxylation is 1. The lowest BCUT2D eigenvalue weighted by Gasteiger charge is -2.35. The minimum atomic E-state index is 0.497. The standard InChI is InChI=1S/C16H26N2/c1-15(2)12-8-9-16(15,3)11-13(12)18(5)14-7-6-10-17(14)4/h6-7,10,12-13H,8-9,11H2,1-5H3. The van der Waals surface area contributed by atoms with E-state index >= 15 is 0 Å². The van der Waals surface area contributed by atoms with Crippen LogP contribution >= 0.6 is 0 Å². The van der Waals surface area contributed by atoms with Gasteiger partial charge in [-0.05, 0) is 48.1 Å². The molecule has 0 aliphatic heterocycles. The Bertz CT molecular complexity index is 457. The molecule has 1 aromatic rings. The molecule has 0 amide bonds. The molecule has 2 aliphatic carbocycles. The topological polar surface area (TPSA) is 8.17 Å². The fourth-order valence-corrected chi connectivity index (χ4v) is 4.64. The molecule has 1 heterocycles. The number of fused-ring (bicyclic) bond motifs is 2. The van der Waals surface area contributed by atoms with Crippen LogP contribution in [0, 0.1) is 16.7 Å². The summed E-state index contributed by atoms with van der Waals surface area (Å²) < 4.78 is 2.24. The number of rotatable bonds is 2. The minimum Gasteiger partial charge on any atom is -0.358 e. The average molecular weight is 246 g/mol. The zero-order chi connectivity index (χ0) is 13.1. The second-order valence-electron chi connectivity index (χ2n) is 7.29. The summed E-state index contributed by atoms with van der Waals surface area (Å²) in [7, 11) is 4.42. The molecule has 3 unspecified atom stereocenters. The Labute approximate surface area is 111 Å². The summed E-state index contributed by atoms with van der Waals surface area (Å²) in [6.45, 7) is 7.48. The van der Waals surface area contributed by atoms with Gasteiger partial charge in [0.15, 0.2) is 0 Å². The van der Waals surface area contributed by atoms with E-state index in [1.807, 2.05) is 0 Å². The van der Waals surface area contributed by atoms with Crippen molar-refractivity contribution in [2.75, 3.05) is 11.9 Å². The van der Waals surface area contributed by atoms with Gasteiger partial charge in [0, 0.05) is 26.3 Å². The molecule has 3 rings (SSSR count). The van der Waals surface area contributed by atoms with E-state index in [4.69, 9.17) is 0 Å². The Hall–Kier alpha value is -0.920. The van der Waals surface area contributed by atoms with Crippen LogP contribution < -0.4 is 4.90 Å². The van der Waals surface area contributed by atoms with Crippen molar-refractivity contribution < 1.29 is 0 Å². The van der Waals surface area contributed by atoms with Crippen LogP contribution in [0.25, 0.3) is 0 Å². The van der Waals surface area contributed by atoms with Crippen LogP contribution in [0.5, 0.6) is 0 Å². The Morgan fingerprint density at radius 2 is 2.06 bits per heavy atom. The van der Waals surface area contributed by atoms with Crippen LogP contribution in [0.3, 0.4) is 0 Å². The van der Waals surface area contributed by atoms with Gasteiger partial charge >= 0.3 is 0 Å². The van der Waals surface area contributed by atoms with Gasteiger partial charge in [-0.3, -0.25) is 0 Å². The Morgan fingerprint density at radius 1 is 1.33 bits per heavy atom. The van der Waals surface area contributed by atoms with Crippen molar-refractivity contribution in [1.29, 1.82) is 0 Å². The van der Waals surface area contributed by atoms with Crippen LogP contribution in [-0.2, 0) is 7.05 Å². The highest BCUT2D eigenvalue weighted by atomic mass is 15.2. The first-order valence-electron chi connectivity index (χ1n) is 7.21. The first-order chi connectivity index (χ1) is 8.37. The molecule has 18 heavy (non-hydrogen) atoms. The van der Waals surface area contributed by atoms with Gasteiger partial charge in [0.2, 0.25) is 0 Å². The van der Waals surface area contributed by atoms with Gasteiger partial charge in [-0.1, -0.05) is 20.8 Å². The molecule has 1 aromatic heterocycles. The van der Waals surface area contributed by atoms with Crippen LogP contribution in [-0.4, -0.2) is 17.7 Å².